The first-order valence-corrected chi connectivity index (χ1v) is 25.6. The Bertz CT molecular complexity index is 3580. The average Bonchev–Trinajstić information content (AvgIpc) is 3.24. The number of nitrogen functional groups attached to an aromatic ring is 2. The zero-order chi connectivity index (χ0) is 49.1. The highest BCUT2D eigenvalue weighted by Gasteiger charge is 2.28. The van der Waals surface area contributed by atoms with Crippen molar-refractivity contribution in [2.24, 2.45) is 30.7 Å². The lowest BCUT2D eigenvalue weighted by Crippen LogP contribution is -2.15. The number of nitrogens with two attached hydrogens (primary N) is 2. The van der Waals surface area contributed by atoms with E-state index in [0.29, 0.717) is 34.9 Å². The molecule has 0 saturated carbocycles. The summed E-state index contributed by atoms with van der Waals surface area (Å²) in [4.78, 5) is -2.73. The molecule has 67 heavy (non-hydrogen) atoms. The van der Waals surface area contributed by atoms with Crippen molar-refractivity contribution < 1.29 is 69.8 Å². The summed E-state index contributed by atoms with van der Waals surface area (Å²) in [5.74, 6) is -1.55. The van der Waals surface area contributed by atoms with Gasteiger partial charge in [-0.2, -0.15) is 40.6 Å². The van der Waals surface area contributed by atoms with E-state index in [1.807, 2.05) is 0 Å². The van der Waals surface area contributed by atoms with Crippen LogP contribution in [-0.2, 0) is 54.7 Å². The minimum absolute atomic E-state index is 0.0714. The van der Waals surface area contributed by atoms with Gasteiger partial charge in [-0.05, 0) is 102 Å². The van der Waals surface area contributed by atoms with Crippen LogP contribution in [0.25, 0.3) is 10.8 Å². The highest BCUT2D eigenvalue weighted by Crippen LogP contribution is 2.48. The molecule has 0 unspecified atom stereocenters. The zero-order valence-corrected chi connectivity index (χ0v) is 37.9. The number of nitrogens with one attached hydrogen (secondary N) is 1. The smallest absolute Gasteiger partial charge is 0.397 e. The van der Waals surface area contributed by atoms with Gasteiger partial charge in [0.2, 0.25) is 0 Å². The molecule has 0 spiro atoms. The molecule has 0 aliphatic rings. The van der Waals surface area contributed by atoms with Crippen LogP contribution in [0.4, 0.5) is 51.2 Å². The van der Waals surface area contributed by atoms with Crippen LogP contribution < -0.4 is 20.9 Å². The molecule has 9 N–H and O–H groups in total. The normalized spacial score (nSPS) is 13.0. The Kier molecular flexibility index (Phi) is 14.1. The fourth-order valence-corrected chi connectivity index (χ4v) is 9.67. The second-order valence-corrected chi connectivity index (χ2v) is 21.2. The predicted molar refractivity (Wildman–Crippen MR) is 239 cm³/mol. The third-order valence-corrected chi connectivity index (χ3v) is 14.2. The van der Waals surface area contributed by atoms with Crippen molar-refractivity contribution in [2.45, 2.75) is 19.6 Å². The van der Waals surface area contributed by atoms with Crippen molar-refractivity contribution >= 4 is 112 Å². The number of rotatable bonds is 17. The molecule has 6 rings (SSSR count). The van der Waals surface area contributed by atoms with Crippen LogP contribution >= 0.6 is 0 Å². The van der Waals surface area contributed by atoms with Gasteiger partial charge in [0.25, 0.3) is 30.3 Å². The van der Waals surface area contributed by atoms with Gasteiger partial charge in [-0.25, -0.2) is 21.0 Å². The number of phenolic OH excluding ortho intramolecular Hbond substituents is 1. The molecule has 25 nitrogen and oxygen atoms in total. The van der Waals surface area contributed by atoms with Crippen molar-refractivity contribution in [3.63, 3.8) is 0 Å². The Morgan fingerprint density at radius 2 is 1.09 bits per heavy atom. The van der Waals surface area contributed by atoms with Crippen LogP contribution in [0, 0.1) is 0 Å². The van der Waals surface area contributed by atoms with Crippen LogP contribution in [-0.4, -0.2) is 80.3 Å². The van der Waals surface area contributed by atoms with Crippen LogP contribution in [0.5, 0.6) is 11.5 Å². The number of fused-ring (bicyclic) bond motifs is 1. The molecule has 30 heteroatoms. The summed E-state index contributed by atoms with van der Waals surface area (Å²) in [6, 6.07) is 20.9. The predicted octanol–water partition coefficient (Wildman–Crippen LogP) is 6.85. The Labute approximate surface area is 381 Å². The monoisotopic (exact) mass is 1020 g/mol. The summed E-state index contributed by atoms with van der Waals surface area (Å²) in [5, 5.41) is 33.8. The summed E-state index contributed by atoms with van der Waals surface area (Å²) in [6.07, 6.45) is 0. The first-order valence-electron chi connectivity index (χ1n) is 18.2. The minimum atomic E-state index is -5.28. The summed E-state index contributed by atoms with van der Waals surface area (Å²) in [5.41, 5.74) is 10.8. The van der Waals surface area contributed by atoms with Crippen molar-refractivity contribution in [1.29, 1.82) is 0 Å². The quantitative estimate of drug-likeness (QED) is 0.0279. The van der Waals surface area contributed by atoms with Gasteiger partial charge in [0, 0.05) is 17.4 Å². The van der Waals surface area contributed by atoms with Crippen molar-refractivity contribution in [3.8, 4) is 11.5 Å². The molecule has 6 aromatic rings. The van der Waals surface area contributed by atoms with Crippen LogP contribution in [0.15, 0.2) is 153 Å². The van der Waals surface area contributed by atoms with E-state index in [2.05, 4.69) is 39.6 Å². The van der Waals surface area contributed by atoms with Gasteiger partial charge >= 0.3 is 10.4 Å². The number of azo groups is 3. The topological polar surface area (TPSA) is 408 Å². The number of methoxy groups -OCH3 is 1. The van der Waals surface area contributed by atoms with Crippen molar-refractivity contribution in [3.05, 3.63) is 103 Å². The SMILES string of the molecule is COc1cc(N)ccc1N=Nc1ccc(NS(=O)(=O)c2ccc(N=Nc3c(S(=O)(=O)O)cc4cc(S(=O)(=O)O)c(N=Nc5ccc(S(=O)(=O)CCOS(=O)(=O)O)cc5)c(O)c4c3N)cc2)cc1. The number of benzene rings is 6. The van der Waals surface area contributed by atoms with E-state index in [4.69, 9.17) is 20.8 Å². The summed E-state index contributed by atoms with van der Waals surface area (Å²) >= 11 is 0. The number of sulfonamides is 1. The van der Waals surface area contributed by atoms with E-state index < -0.39 is 106 Å². The first-order chi connectivity index (χ1) is 31.3. The molecule has 0 amide bonds. The number of aromatic hydroxyl groups is 1. The minimum Gasteiger partial charge on any atom is -0.505 e. The molecule has 0 fully saturated rings. The summed E-state index contributed by atoms with van der Waals surface area (Å²) < 4.78 is 163. The molecule has 0 aromatic heterocycles. The maximum Gasteiger partial charge on any atom is 0.397 e. The fourth-order valence-electron chi connectivity index (χ4n) is 5.80. The molecule has 0 aliphatic heterocycles. The lowest BCUT2D eigenvalue weighted by atomic mass is 10.1. The zero-order valence-electron chi connectivity index (χ0n) is 33.8. The average molecular weight is 1020 g/mol. The first kappa shape index (κ1) is 49.4. The van der Waals surface area contributed by atoms with E-state index in [0.717, 1.165) is 36.4 Å². The molecule has 0 aliphatic carbocycles. The molecule has 0 saturated heterocycles. The Morgan fingerprint density at radius 1 is 0.597 bits per heavy atom. The van der Waals surface area contributed by atoms with E-state index in [1.54, 1.807) is 18.2 Å². The molecule has 352 valence electrons. The fraction of sp³-hybridized carbons (Fsp3) is 0.0811. The summed E-state index contributed by atoms with van der Waals surface area (Å²) in [6.45, 7) is -0.906. The van der Waals surface area contributed by atoms with Crippen LogP contribution in [0.3, 0.4) is 0 Å². The molecule has 6 aromatic carbocycles. The standard InChI is InChI=1S/C37H33N9O16S5/c1-61-30-20-22(38)2-15-29(30)43-40-23-3-5-26(6-4-23)46-64(50,51)28-13-9-25(10-14-28)41-44-35-31(65(52,53)54)18-21-19-32(66(55,56)57)36(37(47)33(21)34(35)39)45-42-24-7-11-27(12-8-24)63(48,49)17-16-62-67(58,59)60/h2-15,18-20,46-47H,16-17,38-39H2,1H3,(H,52,53,54)(H,55,56,57)(H,58,59,60). The Hall–Kier alpha value is -7.03. The van der Waals surface area contributed by atoms with Gasteiger partial charge in [-0.3, -0.25) is 18.4 Å². The largest absolute Gasteiger partial charge is 0.505 e. The molecule has 0 heterocycles. The van der Waals surface area contributed by atoms with Crippen molar-refractivity contribution in [1.82, 2.24) is 0 Å². The van der Waals surface area contributed by atoms with Gasteiger partial charge in [0.05, 0.1) is 57.4 Å². The number of nitrogens with zero attached hydrogens (tertiary/aromatic N) is 6. The van der Waals surface area contributed by atoms with E-state index in [1.165, 1.54) is 43.5 Å². The van der Waals surface area contributed by atoms with Crippen molar-refractivity contribution in [2.75, 3.05) is 35.7 Å². The number of hydrogen-bond donors (Lipinski definition) is 7. The Balaban J connectivity index is 1.26. The number of phenols is 1. The number of ether oxygens (including phenoxy) is 1. The van der Waals surface area contributed by atoms with E-state index >= 15 is 0 Å². The van der Waals surface area contributed by atoms with Gasteiger partial charge in [0.15, 0.2) is 15.6 Å². The van der Waals surface area contributed by atoms with Gasteiger partial charge in [0.1, 0.15) is 32.6 Å². The second kappa shape index (κ2) is 19.1. The lowest BCUT2D eigenvalue weighted by molar-refractivity contribution is 0.284. The molecular formula is C37H33N9O16S5. The van der Waals surface area contributed by atoms with Crippen LogP contribution in [0.2, 0.25) is 0 Å². The third kappa shape index (κ3) is 12.1. The molecule has 0 bridgehead atoms. The highest BCUT2D eigenvalue weighted by molar-refractivity contribution is 7.92. The van der Waals surface area contributed by atoms with Crippen LogP contribution in [0.1, 0.15) is 0 Å². The number of hydrogen-bond acceptors (Lipinski definition) is 21. The third-order valence-electron chi connectivity index (χ3n) is 8.92. The van der Waals surface area contributed by atoms with E-state index in [9.17, 15) is 56.3 Å². The molecular weight excluding hydrogens is 987 g/mol. The number of sulfone groups is 1. The molecule has 0 atom stereocenters. The van der Waals surface area contributed by atoms with Gasteiger partial charge < -0.3 is 21.3 Å². The van der Waals surface area contributed by atoms with Gasteiger partial charge in [-0.1, -0.05) is 0 Å². The maximum atomic E-state index is 13.2. The summed E-state index contributed by atoms with van der Waals surface area (Å²) in [7, 11) is -22.3. The van der Waals surface area contributed by atoms with Gasteiger partial charge in [-0.15, -0.1) is 15.3 Å². The Morgan fingerprint density at radius 3 is 1.61 bits per heavy atom. The second-order valence-electron chi connectivity index (χ2n) is 13.5. The lowest BCUT2D eigenvalue weighted by Gasteiger charge is -2.14. The maximum absolute atomic E-state index is 13.2. The highest BCUT2D eigenvalue weighted by atomic mass is 32.3. The van der Waals surface area contributed by atoms with E-state index in [-0.39, 0.29) is 26.9 Å². The molecule has 0 radical (unpaired) electrons. The number of anilines is 3.